The van der Waals surface area contributed by atoms with E-state index in [-0.39, 0.29) is 49.0 Å². The summed E-state index contributed by atoms with van der Waals surface area (Å²) in [6.07, 6.45) is 2.70. The van der Waals surface area contributed by atoms with Crippen LogP contribution in [0.4, 0.5) is 4.79 Å². The molecule has 0 radical (unpaired) electrons. The molecular weight excluding hydrogens is 392 g/mol. The Balaban J connectivity index is 0.000000172. The number of aliphatic hydroxyl groups excluding tert-OH is 3. The average Bonchev–Trinajstić information content (AvgIpc) is 3.33. The molecule has 0 aromatic heterocycles. The summed E-state index contributed by atoms with van der Waals surface area (Å²) < 4.78 is 5.33. The van der Waals surface area contributed by atoms with Crippen molar-refractivity contribution in [3.05, 3.63) is 0 Å². The van der Waals surface area contributed by atoms with Gasteiger partial charge in [-0.1, -0.05) is 0 Å². The molecule has 5 atom stereocenters. The molecule has 174 valence electrons. The number of ether oxygens (including phenoxy) is 1. The van der Waals surface area contributed by atoms with Crippen LogP contribution in [0.25, 0.3) is 0 Å². The molecule has 0 spiro atoms. The molecule has 2 amide bonds. The zero-order chi connectivity index (χ0) is 22.3. The van der Waals surface area contributed by atoms with Gasteiger partial charge in [-0.2, -0.15) is 0 Å². The smallest absolute Gasteiger partial charge is 0.410 e. The third-order valence-corrected chi connectivity index (χ3v) is 5.58. The number of fused-ring (bicyclic) bond motifs is 1. The van der Waals surface area contributed by atoms with Crippen LogP contribution >= 0.6 is 0 Å². The molecule has 0 aliphatic carbocycles. The van der Waals surface area contributed by atoms with Crippen molar-refractivity contribution in [1.29, 1.82) is 0 Å². The summed E-state index contributed by atoms with van der Waals surface area (Å²) in [4.78, 5) is 24.0. The van der Waals surface area contributed by atoms with E-state index in [1.807, 2.05) is 25.7 Å². The van der Waals surface area contributed by atoms with Crippen LogP contribution in [0.2, 0.25) is 0 Å². The molecule has 6 N–H and O–H groups in total. The van der Waals surface area contributed by atoms with Crippen LogP contribution in [0.5, 0.6) is 0 Å². The number of carbonyl (C=O) groups is 2. The Hall–Kier alpha value is -1.46. The van der Waals surface area contributed by atoms with Crippen molar-refractivity contribution in [2.24, 2.45) is 0 Å². The Morgan fingerprint density at radius 1 is 1.17 bits per heavy atom. The molecule has 0 saturated carbocycles. The van der Waals surface area contributed by atoms with Gasteiger partial charge in [0.25, 0.3) is 0 Å². The first kappa shape index (κ1) is 24.8. The topological polar surface area (TPSA) is 143 Å². The Morgan fingerprint density at radius 3 is 2.23 bits per heavy atom. The molecule has 4 aliphatic heterocycles. The van der Waals surface area contributed by atoms with E-state index < -0.39 is 0 Å². The summed E-state index contributed by atoms with van der Waals surface area (Å²) >= 11 is 0. The van der Waals surface area contributed by atoms with Crippen LogP contribution in [0, 0.1) is 0 Å². The number of nitrogens with one attached hydrogen (secondary N) is 3. The lowest BCUT2D eigenvalue weighted by atomic mass is 10.0. The number of amides is 2. The highest BCUT2D eigenvalue weighted by atomic mass is 16.6. The van der Waals surface area contributed by atoms with Gasteiger partial charge in [-0.3, -0.25) is 4.79 Å². The number of carbonyl (C=O) groups excluding carboxylic acids is 2. The van der Waals surface area contributed by atoms with Gasteiger partial charge in [0.2, 0.25) is 5.91 Å². The first-order chi connectivity index (χ1) is 14.1. The number of rotatable bonds is 2. The van der Waals surface area contributed by atoms with Crippen molar-refractivity contribution in [2.75, 3.05) is 32.8 Å². The van der Waals surface area contributed by atoms with Crippen molar-refractivity contribution < 1.29 is 29.6 Å². The minimum absolute atomic E-state index is 0.0301. The van der Waals surface area contributed by atoms with Gasteiger partial charge >= 0.3 is 6.09 Å². The van der Waals surface area contributed by atoms with Gasteiger partial charge in [-0.15, -0.1) is 0 Å². The Morgan fingerprint density at radius 2 is 1.90 bits per heavy atom. The Bertz CT molecular complexity index is 570. The summed E-state index contributed by atoms with van der Waals surface area (Å²) in [6, 6.07) is 0.852. The number of nitrogens with zero attached hydrogens (tertiary/aromatic N) is 1. The molecule has 4 fully saturated rings. The van der Waals surface area contributed by atoms with Crippen molar-refractivity contribution in [2.45, 2.75) is 82.3 Å². The molecule has 0 bridgehead atoms. The van der Waals surface area contributed by atoms with E-state index in [0.717, 1.165) is 38.9 Å². The third kappa shape index (κ3) is 7.35. The van der Waals surface area contributed by atoms with Gasteiger partial charge in [0, 0.05) is 25.6 Å². The summed E-state index contributed by atoms with van der Waals surface area (Å²) in [5.41, 5.74) is -0.383. The maximum Gasteiger partial charge on any atom is 0.410 e. The normalized spacial score (nSPS) is 32.1. The lowest BCUT2D eigenvalue weighted by molar-refractivity contribution is -0.119. The third-order valence-electron chi connectivity index (χ3n) is 5.58. The van der Waals surface area contributed by atoms with Gasteiger partial charge in [0.1, 0.15) is 5.60 Å². The lowest BCUT2D eigenvalue weighted by Gasteiger charge is -2.37. The quantitative estimate of drug-likeness (QED) is 0.325. The first-order valence-electron chi connectivity index (χ1n) is 10.8. The number of likely N-dealkylation sites (tertiary alicyclic amines) is 1. The molecule has 10 nitrogen and oxygen atoms in total. The number of aliphatic hydroxyl groups is 3. The number of hydrogen-bond acceptors (Lipinski definition) is 8. The molecule has 4 heterocycles. The SMILES string of the molecule is CC(C)(C)OC(=O)N1CC[C@H]2NC[C@H]21.O=C1CC[C@@H](CO)N1.OC[C@H]1NCC[C@@H]1O. The van der Waals surface area contributed by atoms with E-state index in [0.29, 0.717) is 18.5 Å². The highest BCUT2D eigenvalue weighted by Gasteiger charge is 2.44. The fourth-order valence-electron chi connectivity index (χ4n) is 3.76. The van der Waals surface area contributed by atoms with Gasteiger partial charge < -0.3 is 40.9 Å². The van der Waals surface area contributed by atoms with Gasteiger partial charge in [-0.05, 0) is 46.6 Å². The highest BCUT2D eigenvalue weighted by Crippen LogP contribution is 2.25. The molecular formula is C20H38N4O6. The summed E-state index contributed by atoms with van der Waals surface area (Å²) in [6.45, 7) is 8.40. The Labute approximate surface area is 178 Å². The van der Waals surface area contributed by atoms with Crippen molar-refractivity contribution in [3.8, 4) is 0 Å². The zero-order valence-corrected chi connectivity index (χ0v) is 18.3. The van der Waals surface area contributed by atoms with E-state index in [2.05, 4.69) is 16.0 Å². The summed E-state index contributed by atoms with van der Waals surface area (Å²) in [5, 5.41) is 34.8. The molecule has 4 saturated heterocycles. The highest BCUT2D eigenvalue weighted by molar-refractivity contribution is 5.78. The molecule has 0 unspecified atom stereocenters. The fraction of sp³-hybridized carbons (Fsp3) is 0.900. The van der Waals surface area contributed by atoms with Crippen molar-refractivity contribution in [1.82, 2.24) is 20.9 Å². The summed E-state index contributed by atoms with van der Waals surface area (Å²) in [5.74, 6) is 0.0593. The van der Waals surface area contributed by atoms with E-state index in [9.17, 15) is 9.59 Å². The average molecular weight is 431 g/mol. The molecule has 30 heavy (non-hydrogen) atoms. The number of hydrogen-bond donors (Lipinski definition) is 6. The van der Waals surface area contributed by atoms with E-state index in [1.165, 1.54) is 0 Å². The van der Waals surface area contributed by atoms with Crippen LogP contribution < -0.4 is 16.0 Å². The maximum atomic E-state index is 11.7. The zero-order valence-electron chi connectivity index (χ0n) is 18.3. The van der Waals surface area contributed by atoms with Gasteiger partial charge in [0.05, 0.1) is 37.4 Å². The van der Waals surface area contributed by atoms with Crippen LogP contribution in [-0.2, 0) is 9.53 Å². The first-order valence-corrected chi connectivity index (χ1v) is 10.8. The molecule has 10 heteroatoms. The molecule has 0 aromatic carbocycles. The van der Waals surface area contributed by atoms with Crippen molar-refractivity contribution >= 4 is 12.0 Å². The molecule has 4 aliphatic rings. The second-order valence-electron chi connectivity index (χ2n) is 9.13. The minimum atomic E-state index is -0.383. The van der Waals surface area contributed by atoms with Crippen LogP contribution in [0.15, 0.2) is 0 Å². The monoisotopic (exact) mass is 430 g/mol. The maximum absolute atomic E-state index is 11.7. The minimum Gasteiger partial charge on any atom is -0.444 e. The fourth-order valence-corrected chi connectivity index (χ4v) is 3.76. The second kappa shape index (κ2) is 11.2. The van der Waals surface area contributed by atoms with E-state index in [1.54, 1.807) is 0 Å². The van der Waals surface area contributed by atoms with Gasteiger partial charge in [-0.25, -0.2) is 4.79 Å². The van der Waals surface area contributed by atoms with E-state index >= 15 is 0 Å². The molecule has 0 aromatic rings. The van der Waals surface area contributed by atoms with Crippen molar-refractivity contribution in [3.63, 3.8) is 0 Å². The largest absolute Gasteiger partial charge is 0.444 e. The predicted molar refractivity (Wildman–Crippen MR) is 111 cm³/mol. The summed E-state index contributed by atoms with van der Waals surface area (Å²) in [7, 11) is 0. The van der Waals surface area contributed by atoms with Crippen LogP contribution in [0.1, 0.15) is 46.5 Å². The molecule has 4 rings (SSSR count). The standard InChI is InChI=1S/C10H18N2O2.C5H11NO2.C5H9NO2/c1-10(2,3)14-9(13)12-5-4-7-8(12)6-11-7;7-3-4-5(8)1-2-6-4;7-3-4-1-2-5(8)6-4/h7-8,11H,4-6H2,1-3H3;4-8H,1-3H2;4,7H,1-3H2,(H,6,8)/t7-,8-;4-,5+;4-/m110/s1. The van der Waals surface area contributed by atoms with Crippen LogP contribution in [-0.4, -0.2) is 101 Å². The van der Waals surface area contributed by atoms with Crippen LogP contribution in [0.3, 0.4) is 0 Å². The second-order valence-corrected chi connectivity index (χ2v) is 9.13. The van der Waals surface area contributed by atoms with E-state index in [4.69, 9.17) is 20.1 Å². The predicted octanol–water partition coefficient (Wildman–Crippen LogP) is -1.07. The lowest BCUT2D eigenvalue weighted by Crippen LogP contribution is -2.60. The Kier molecular flexibility index (Phi) is 9.30. The van der Waals surface area contributed by atoms with Gasteiger partial charge in [0.15, 0.2) is 0 Å².